The summed E-state index contributed by atoms with van der Waals surface area (Å²) in [7, 11) is 0. The Balaban J connectivity index is 1.80. The maximum atomic E-state index is 13.0. The molecule has 0 radical (unpaired) electrons. The van der Waals surface area contributed by atoms with Crippen molar-refractivity contribution in [2.24, 2.45) is 22.7 Å². The molecule has 0 aromatic heterocycles. The molecule has 3 aliphatic carbocycles. The van der Waals surface area contributed by atoms with Gasteiger partial charge in [0.1, 0.15) is 0 Å². The van der Waals surface area contributed by atoms with E-state index in [0.717, 1.165) is 68.6 Å². The highest BCUT2D eigenvalue weighted by Crippen LogP contribution is 2.62. The molecular formula is C28H38F6O2. The first-order valence-corrected chi connectivity index (χ1v) is 12.7. The quantitative estimate of drug-likeness (QED) is 0.285. The van der Waals surface area contributed by atoms with Crippen LogP contribution in [0.25, 0.3) is 0 Å². The molecule has 0 aliphatic heterocycles. The molecule has 3 fully saturated rings. The second-order valence-corrected chi connectivity index (χ2v) is 11.8. The number of allylic oxidation sites excluding steroid dienone is 4. The summed E-state index contributed by atoms with van der Waals surface area (Å²) in [4.78, 5) is 0. The molecule has 4 unspecified atom stereocenters. The Hall–Kier alpha value is -1.54. The van der Waals surface area contributed by atoms with Gasteiger partial charge in [-0.2, -0.15) is 26.3 Å². The third-order valence-corrected chi connectivity index (χ3v) is 9.01. The molecule has 8 heteroatoms. The number of rotatable bonds is 5. The lowest BCUT2D eigenvalue weighted by Gasteiger charge is -2.48. The molecule has 4 atom stereocenters. The van der Waals surface area contributed by atoms with Gasteiger partial charge >= 0.3 is 12.4 Å². The Bertz CT molecular complexity index is 909. The van der Waals surface area contributed by atoms with E-state index < -0.39 is 29.5 Å². The summed E-state index contributed by atoms with van der Waals surface area (Å²) < 4.78 is 78.3. The van der Waals surface area contributed by atoms with Crippen LogP contribution in [0, 0.1) is 22.7 Å². The van der Waals surface area contributed by atoms with Gasteiger partial charge in [-0.3, -0.25) is 0 Å². The first-order chi connectivity index (χ1) is 16.4. The van der Waals surface area contributed by atoms with Gasteiger partial charge < -0.3 is 10.2 Å². The molecular weight excluding hydrogens is 482 g/mol. The van der Waals surface area contributed by atoms with Gasteiger partial charge in [0.25, 0.3) is 5.60 Å². The van der Waals surface area contributed by atoms with Crippen molar-refractivity contribution >= 4 is 0 Å². The van der Waals surface area contributed by atoms with Crippen molar-refractivity contribution in [1.82, 2.24) is 0 Å². The molecule has 0 heterocycles. The zero-order valence-corrected chi connectivity index (χ0v) is 21.3. The van der Waals surface area contributed by atoms with Crippen molar-refractivity contribution in [3.63, 3.8) is 0 Å². The van der Waals surface area contributed by atoms with Crippen molar-refractivity contribution < 1.29 is 36.6 Å². The third kappa shape index (κ3) is 5.35. The Morgan fingerprint density at radius 3 is 2.22 bits per heavy atom. The summed E-state index contributed by atoms with van der Waals surface area (Å²) in [5.74, 6) is 0.396. The number of alkyl halides is 6. The number of hydrogen-bond donors (Lipinski definition) is 2. The average Bonchev–Trinajstić information content (AvgIpc) is 3.11. The number of halogens is 6. The summed E-state index contributed by atoms with van der Waals surface area (Å²) in [6.45, 7) is 10.0. The predicted octanol–water partition coefficient (Wildman–Crippen LogP) is 7.98. The maximum Gasteiger partial charge on any atom is 0.429 e. The molecule has 3 rings (SSSR count). The largest absolute Gasteiger partial charge is 0.429 e. The van der Waals surface area contributed by atoms with Gasteiger partial charge in [0, 0.05) is 0 Å². The van der Waals surface area contributed by atoms with Gasteiger partial charge in [0.2, 0.25) is 0 Å². The van der Waals surface area contributed by atoms with Gasteiger partial charge in [-0.25, -0.2) is 0 Å². The van der Waals surface area contributed by atoms with Gasteiger partial charge in [0.15, 0.2) is 0 Å². The van der Waals surface area contributed by atoms with E-state index in [0.29, 0.717) is 5.92 Å². The highest BCUT2D eigenvalue weighted by molar-refractivity contribution is 5.38. The smallest absolute Gasteiger partial charge is 0.388 e. The molecule has 0 aromatic rings. The predicted molar refractivity (Wildman–Crippen MR) is 128 cm³/mol. The van der Waals surface area contributed by atoms with E-state index in [-0.39, 0.29) is 23.8 Å². The van der Waals surface area contributed by atoms with Crippen LogP contribution in [0.1, 0.15) is 78.6 Å². The zero-order chi connectivity index (χ0) is 27.2. The van der Waals surface area contributed by atoms with Crippen molar-refractivity contribution in [2.75, 3.05) is 0 Å². The van der Waals surface area contributed by atoms with Crippen LogP contribution in [-0.4, -0.2) is 34.3 Å². The number of fused-ring (bicyclic) bond motifs is 1. The van der Waals surface area contributed by atoms with Gasteiger partial charge in [-0.15, -0.1) is 0 Å². The minimum atomic E-state index is -5.85. The van der Waals surface area contributed by atoms with Gasteiger partial charge in [-0.1, -0.05) is 51.2 Å². The second-order valence-electron chi connectivity index (χ2n) is 11.8. The molecule has 2 nitrogen and oxygen atoms in total. The van der Waals surface area contributed by atoms with Crippen LogP contribution < -0.4 is 0 Å². The third-order valence-electron chi connectivity index (χ3n) is 9.01. The Morgan fingerprint density at radius 1 is 0.972 bits per heavy atom. The van der Waals surface area contributed by atoms with E-state index >= 15 is 0 Å². The molecule has 36 heavy (non-hydrogen) atoms. The van der Waals surface area contributed by atoms with Crippen LogP contribution in [0.4, 0.5) is 26.3 Å². The molecule has 0 aromatic carbocycles. The van der Waals surface area contributed by atoms with Crippen molar-refractivity contribution in [3.05, 3.63) is 47.6 Å². The normalized spacial score (nSPS) is 33.1. The van der Waals surface area contributed by atoms with E-state index in [2.05, 4.69) is 25.7 Å². The minimum Gasteiger partial charge on any atom is -0.388 e. The Labute approximate surface area is 209 Å². The lowest BCUT2D eigenvalue weighted by molar-refractivity contribution is -0.347. The Kier molecular flexibility index (Phi) is 8.04. The maximum absolute atomic E-state index is 13.0. The van der Waals surface area contributed by atoms with E-state index in [1.165, 1.54) is 5.57 Å². The van der Waals surface area contributed by atoms with Crippen LogP contribution in [0.5, 0.6) is 0 Å². The fraction of sp³-hybridized carbons (Fsp3) is 0.714. The van der Waals surface area contributed by atoms with Crippen molar-refractivity contribution in [2.45, 2.75) is 103 Å². The summed E-state index contributed by atoms with van der Waals surface area (Å²) in [6.07, 6.45) is -0.124. The van der Waals surface area contributed by atoms with E-state index in [1.807, 2.05) is 13.8 Å². The van der Waals surface area contributed by atoms with Crippen LogP contribution in [0.2, 0.25) is 0 Å². The van der Waals surface area contributed by atoms with Gasteiger partial charge in [0.05, 0.1) is 6.10 Å². The summed E-state index contributed by atoms with van der Waals surface area (Å²) in [6, 6.07) is 0. The number of aliphatic hydroxyl groups is 2. The molecule has 0 amide bonds. The van der Waals surface area contributed by atoms with Crippen molar-refractivity contribution in [3.8, 4) is 0 Å². The number of hydrogen-bond acceptors (Lipinski definition) is 2. The number of aliphatic hydroxyl groups excluding tert-OH is 1. The zero-order valence-electron chi connectivity index (χ0n) is 21.3. The lowest BCUT2D eigenvalue weighted by Crippen LogP contribution is -2.55. The van der Waals surface area contributed by atoms with Crippen molar-refractivity contribution in [1.29, 1.82) is 0 Å². The first-order valence-electron chi connectivity index (χ1n) is 12.7. The highest BCUT2D eigenvalue weighted by Gasteiger charge is 2.69. The lowest BCUT2D eigenvalue weighted by atomic mass is 9.57. The monoisotopic (exact) mass is 520 g/mol. The fourth-order valence-corrected chi connectivity index (χ4v) is 6.98. The van der Waals surface area contributed by atoms with Crippen LogP contribution in [-0.2, 0) is 0 Å². The van der Waals surface area contributed by atoms with Crippen LogP contribution in [0.3, 0.4) is 0 Å². The standard InChI is InChI=1S/C28H38F6O2/c1-18-19(8-5-10-22(18)35)11-12-20-9-6-16-25(4)21(20)13-14-23(25)24(2,3)15-7-17-26(36,27(29,30)31)28(32,33)34/h7,11-12,17,21-23,35-36H,1,5-6,8-10,13-16H2,2-4H3/b17-7-,19-11-,20-12+. The molecule has 0 spiro atoms. The fourth-order valence-electron chi connectivity index (χ4n) is 6.98. The van der Waals surface area contributed by atoms with E-state index in [1.54, 1.807) is 0 Å². The van der Waals surface area contributed by atoms with Crippen LogP contribution in [0.15, 0.2) is 47.6 Å². The molecule has 3 aliphatic rings. The van der Waals surface area contributed by atoms with Gasteiger partial charge in [-0.05, 0) is 97.7 Å². The highest BCUT2D eigenvalue weighted by atomic mass is 19.4. The average molecular weight is 521 g/mol. The summed E-state index contributed by atoms with van der Waals surface area (Å²) in [5, 5.41) is 19.6. The molecule has 3 saturated carbocycles. The second kappa shape index (κ2) is 9.97. The summed E-state index contributed by atoms with van der Waals surface area (Å²) in [5.41, 5.74) is -2.37. The van der Waals surface area contributed by atoms with E-state index in [4.69, 9.17) is 0 Å². The minimum absolute atomic E-state index is 0.00470. The molecule has 2 N–H and O–H groups in total. The van der Waals surface area contributed by atoms with E-state index in [9.17, 15) is 36.6 Å². The molecule has 204 valence electrons. The first kappa shape index (κ1) is 29.0. The van der Waals surface area contributed by atoms with Crippen LogP contribution >= 0.6 is 0 Å². The molecule has 0 saturated heterocycles. The topological polar surface area (TPSA) is 40.5 Å². The molecule has 0 bridgehead atoms. The Morgan fingerprint density at radius 2 is 1.61 bits per heavy atom. The SMILES string of the molecule is C=C1/C(=C\C=C2/CCCC3(C)C2CCC3C(C)(C)C/C=C\C(O)(C(F)(F)F)C(F)(F)F)CCCC1O. The summed E-state index contributed by atoms with van der Waals surface area (Å²) >= 11 is 0.